The number of likely N-dealkylation sites (N-methyl/N-ethyl adjacent to an activating group) is 1. The molecule has 0 radical (unpaired) electrons. The van der Waals surface area contributed by atoms with Gasteiger partial charge in [0.1, 0.15) is 18.1 Å². The fourth-order valence-electron chi connectivity index (χ4n) is 3.56. The van der Waals surface area contributed by atoms with E-state index in [2.05, 4.69) is 4.90 Å². The second-order valence-electron chi connectivity index (χ2n) is 7.34. The number of methoxy groups -OCH3 is 1. The van der Waals surface area contributed by atoms with Crippen LogP contribution in [0, 0.1) is 6.92 Å². The van der Waals surface area contributed by atoms with Crippen LogP contribution in [0.25, 0.3) is 0 Å². The molecule has 3 rings (SSSR count). The SMILES string of the molecule is COc1ccc(CC(=O)N2Cc3ccccc3OCC2CN(C)C)cc1C. The van der Waals surface area contributed by atoms with Crippen molar-refractivity contribution in [3.63, 3.8) is 0 Å². The number of rotatable bonds is 5. The Labute approximate surface area is 161 Å². The highest BCUT2D eigenvalue weighted by atomic mass is 16.5. The molecule has 0 saturated heterocycles. The molecule has 0 fully saturated rings. The normalized spacial score (nSPS) is 16.5. The lowest BCUT2D eigenvalue weighted by atomic mass is 10.1. The van der Waals surface area contributed by atoms with Gasteiger partial charge in [-0.05, 0) is 44.3 Å². The number of hydrogen-bond acceptors (Lipinski definition) is 4. The molecule has 0 N–H and O–H groups in total. The van der Waals surface area contributed by atoms with Gasteiger partial charge in [0.25, 0.3) is 0 Å². The van der Waals surface area contributed by atoms with Crippen LogP contribution in [0.15, 0.2) is 42.5 Å². The monoisotopic (exact) mass is 368 g/mol. The second-order valence-corrected chi connectivity index (χ2v) is 7.34. The molecule has 1 aliphatic rings. The number of aryl methyl sites for hydroxylation is 1. The Morgan fingerprint density at radius 2 is 2.04 bits per heavy atom. The van der Waals surface area contributed by atoms with Crippen molar-refractivity contribution in [3.05, 3.63) is 59.2 Å². The number of ether oxygens (including phenoxy) is 2. The zero-order valence-corrected chi connectivity index (χ0v) is 16.6. The minimum absolute atomic E-state index is 0.0132. The van der Waals surface area contributed by atoms with Crippen molar-refractivity contribution < 1.29 is 14.3 Å². The number of para-hydroxylation sites is 1. The highest BCUT2D eigenvalue weighted by molar-refractivity contribution is 5.79. The summed E-state index contributed by atoms with van der Waals surface area (Å²) >= 11 is 0. The number of carbonyl (C=O) groups excluding carboxylic acids is 1. The van der Waals surface area contributed by atoms with Crippen LogP contribution >= 0.6 is 0 Å². The minimum atomic E-state index is 0.0132. The van der Waals surface area contributed by atoms with Crippen molar-refractivity contribution in [2.24, 2.45) is 0 Å². The van der Waals surface area contributed by atoms with Gasteiger partial charge in [-0.25, -0.2) is 0 Å². The number of fused-ring (bicyclic) bond motifs is 1. The van der Waals surface area contributed by atoms with Gasteiger partial charge in [-0.1, -0.05) is 30.3 Å². The molecule has 1 atom stereocenters. The molecule has 5 heteroatoms. The molecular weight excluding hydrogens is 340 g/mol. The molecule has 144 valence electrons. The summed E-state index contributed by atoms with van der Waals surface area (Å²) in [6.45, 7) is 3.84. The number of benzene rings is 2. The molecular formula is C22H28N2O3. The van der Waals surface area contributed by atoms with Gasteiger partial charge < -0.3 is 19.3 Å². The number of carbonyl (C=O) groups is 1. The van der Waals surface area contributed by atoms with Crippen molar-refractivity contribution >= 4 is 5.91 Å². The molecule has 0 aromatic heterocycles. The van der Waals surface area contributed by atoms with E-state index in [9.17, 15) is 4.79 Å². The van der Waals surface area contributed by atoms with Crippen LogP contribution in [0.2, 0.25) is 0 Å². The maximum Gasteiger partial charge on any atom is 0.227 e. The van der Waals surface area contributed by atoms with Crippen molar-refractivity contribution in [1.29, 1.82) is 0 Å². The maximum atomic E-state index is 13.2. The smallest absolute Gasteiger partial charge is 0.227 e. The van der Waals surface area contributed by atoms with Crippen LogP contribution in [0.4, 0.5) is 0 Å². The number of hydrogen-bond donors (Lipinski definition) is 0. The average Bonchev–Trinajstić information content (AvgIpc) is 2.81. The summed E-state index contributed by atoms with van der Waals surface area (Å²) in [4.78, 5) is 17.3. The Morgan fingerprint density at radius 3 is 2.74 bits per heavy atom. The van der Waals surface area contributed by atoms with E-state index in [1.807, 2.05) is 68.4 Å². The van der Waals surface area contributed by atoms with Gasteiger partial charge in [0.05, 0.1) is 19.6 Å². The molecule has 1 amide bonds. The van der Waals surface area contributed by atoms with Crippen molar-refractivity contribution in [3.8, 4) is 11.5 Å². The highest BCUT2D eigenvalue weighted by Gasteiger charge is 2.29. The number of nitrogens with zero attached hydrogens (tertiary/aromatic N) is 2. The van der Waals surface area contributed by atoms with Crippen LogP contribution in [-0.4, -0.2) is 56.1 Å². The van der Waals surface area contributed by atoms with Gasteiger partial charge in [0.2, 0.25) is 5.91 Å². The summed E-state index contributed by atoms with van der Waals surface area (Å²) in [6, 6.07) is 13.9. The fourth-order valence-corrected chi connectivity index (χ4v) is 3.56. The van der Waals surface area contributed by atoms with Crippen LogP contribution in [0.1, 0.15) is 16.7 Å². The zero-order chi connectivity index (χ0) is 19.4. The van der Waals surface area contributed by atoms with E-state index in [1.165, 1.54) is 0 Å². The molecule has 0 spiro atoms. The van der Waals surface area contributed by atoms with E-state index in [4.69, 9.17) is 9.47 Å². The van der Waals surface area contributed by atoms with Crippen LogP contribution < -0.4 is 9.47 Å². The largest absolute Gasteiger partial charge is 0.496 e. The van der Waals surface area contributed by atoms with Crippen molar-refractivity contribution in [2.45, 2.75) is 25.9 Å². The van der Waals surface area contributed by atoms with E-state index in [-0.39, 0.29) is 11.9 Å². The zero-order valence-electron chi connectivity index (χ0n) is 16.6. The lowest BCUT2D eigenvalue weighted by molar-refractivity contribution is -0.134. The predicted octanol–water partition coefficient (Wildman–Crippen LogP) is 2.90. The summed E-state index contributed by atoms with van der Waals surface area (Å²) in [7, 11) is 5.70. The van der Waals surface area contributed by atoms with E-state index < -0.39 is 0 Å². The first-order valence-corrected chi connectivity index (χ1v) is 9.26. The summed E-state index contributed by atoms with van der Waals surface area (Å²) in [6.07, 6.45) is 0.372. The Morgan fingerprint density at radius 1 is 1.26 bits per heavy atom. The van der Waals surface area contributed by atoms with E-state index >= 15 is 0 Å². The maximum absolute atomic E-state index is 13.2. The van der Waals surface area contributed by atoms with Crippen LogP contribution in [0.3, 0.4) is 0 Å². The van der Waals surface area contributed by atoms with Gasteiger partial charge in [-0.2, -0.15) is 0 Å². The second kappa shape index (κ2) is 8.44. The predicted molar refractivity (Wildman–Crippen MR) is 106 cm³/mol. The van der Waals surface area contributed by atoms with Crippen LogP contribution in [0.5, 0.6) is 11.5 Å². The Kier molecular flexibility index (Phi) is 6.01. The lowest BCUT2D eigenvalue weighted by Gasteiger charge is -2.31. The third-order valence-corrected chi connectivity index (χ3v) is 4.90. The molecule has 27 heavy (non-hydrogen) atoms. The quantitative estimate of drug-likeness (QED) is 0.814. The molecule has 5 nitrogen and oxygen atoms in total. The molecule has 1 aliphatic heterocycles. The first-order chi connectivity index (χ1) is 13.0. The van der Waals surface area contributed by atoms with Gasteiger partial charge in [0.15, 0.2) is 0 Å². The summed E-state index contributed by atoms with van der Waals surface area (Å²) < 4.78 is 11.3. The van der Waals surface area contributed by atoms with Gasteiger partial charge in [-0.15, -0.1) is 0 Å². The Balaban J connectivity index is 1.83. The highest BCUT2D eigenvalue weighted by Crippen LogP contribution is 2.26. The van der Waals surface area contributed by atoms with Crippen molar-refractivity contribution in [1.82, 2.24) is 9.80 Å². The summed E-state index contributed by atoms with van der Waals surface area (Å²) in [5, 5.41) is 0. The first kappa shape index (κ1) is 19.2. The van der Waals surface area contributed by atoms with E-state index in [0.29, 0.717) is 19.6 Å². The molecule has 0 bridgehead atoms. The third kappa shape index (κ3) is 4.61. The molecule has 1 unspecified atom stereocenters. The minimum Gasteiger partial charge on any atom is -0.496 e. The Bertz CT molecular complexity index is 804. The summed E-state index contributed by atoms with van der Waals surface area (Å²) in [5.74, 6) is 1.83. The number of amides is 1. The molecule has 2 aromatic rings. The van der Waals surface area contributed by atoms with Gasteiger partial charge in [0, 0.05) is 18.7 Å². The topological polar surface area (TPSA) is 42.0 Å². The van der Waals surface area contributed by atoms with Gasteiger partial charge >= 0.3 is 0 Å². The molecule has 2 aromatic carbocycles. The van der Waals surface area contributed by atoms with Crippen LogP contribution in [-0.2, 0) is 17.8 Å². The standard InChI is InChI=1S/C22H28N2O3/c1-16-11-17(9-10-20(16)26-4)12-22(25)24-13-18-7-5-6-8-21(18)27-15-19(24)14-23(2)3/h5-11,19H,12-15H2,1-4H3. The first-order valence-electron chi connectivity index (χ1n) is 9.26. The van der Waals surface area contributed by atoms with Crippen molar-refractivity contribution in [2.75, 3.05) is 34.4 Å². The summed E-state index contributed by atoms with van der Waals surface area (Å²) in [5.41, 5.74) is 3.09. The van der Waals surface area contributed by atoms with Gasteiger partial charge in [-0.3, -0.25) is 4.79 Å². The Hall–Kier alpha value is -2.53. The lowest BCUT2D eigenvalue weighted by Crippen LogP contribution is -2.47. The van der Waals surface area contributed by atoms with E-state index in [1.54, 1.807) is 7.11 Å². The average molecular weight is 368 g/mol. The third-order valence-electron chi connectivity index (χ3n) is 4.90. The molecule has 1 heterocycles. The molecule has 0 aliphatic carbocycles. The fraction of sp³-hybridized carbons (Fsp3) is 0.409. The molecule has 0 saturated carbocycles. The van der Waals surface area contributed by atoms with E-state index in [0.717, 1.165) is 34.7 Å².